The average molecular weight is 305 g/mol. The van der Waals surface area contributed by atoms with Gasteiger partial charge in [-0.2, -0.15) is 0 Å². The van der Waals surface area contributed by atoms with Crippen molar-refractivity contribution in [1.29, 1.82) is 0 Å². The summed E-state index contributed by atoms with van der Waals surface area (Å²) in [5.74, 6) is 0. The Morgan fingerprint density at radius 1 is 1.11 bits per heavy atom. The van der Waals surface area contributed by atoms with Gasteiger partial charge in [-0.05, 0) is 65.2 Å². The highest BCUT2D eigenvalue weighted by atomic mass is 79.9. The number of rotatable bonds is 3. The Hall–Kier alpha value is -1.35. The van der Waals surface area contributed by atoms with E-state index in [9.17, 15) is 0 Å². The fourth-order valence-electron chi connectivity index (χ4n) is 2.01. The molecule has 0 amide bonds. The van der Waals surface area contributed by atoms with Crippen molar-refractivity contribution >= 4 is 21.6 Å². The van der Waals surface area contributed by atoms with Crippen LogP contribution in [0, 0.1) is 13.8 Å². The zero-order chi connectivity index (χ0) is 13.1. The standard InChI is InChI=1S/C15H17BrN2/c1-11-6-12(2)8-15(7-11)18(3)10-14-5-4-13(16)9-17-14/h4-9H,10H2,1-3H3. The van der Waals surface area contributed by atoms with Gasteiger partial charge >= 0.3 is 0 Å². The van der Waals surface area contributed by atoms with Crippen LogP contribution in [0.3, 0.4) is 0 Å². The highest BCUT2D eigenvalue weighted by Gasteiger charge is 2.04. The second-order valence-corrected chi connectivity index (χ2v) is 5.59. The van der Waals surface area contributed by atoms with Crippen molar-refractivity contribution in [2.24, 2.45) is 0 Å². The fourth-order valence-corrected chi connectivity index (χ4v) is 2.24. The summed E-state index contributed by atoms with van der Waals surface area (Å²) in [6.07, 6.45) is 1.84. The lowest BCUT2D eigenvalue weighted by Gasteiger charge is -2.20. The van der Waals surface area contributed by atoms with Crippen molar-refractivity contribution in [2.45, 2.75) is 20.4 Å². The van der Waals surface area contributed by atoms with Crippen LogP contribution >= 0.6 is 15.9 Å². The van der Waals surface area contributed by atoms with E-state index >= 15 is 0 Å². The minimum Gasteiger partial charge on any atom is -0.369 e. The molecule has 2 rings (SSSR count). The first kappa shape index (κ1) is 13.1. The van der Waals surface area contributed by atoms with Crippen LogP contribution in [0.1, 0.15) is 16.8 Å². The van der Waals surface area contributed by atoms with Gasteiger partial charge < -0.3 is 4.90 Å². The maximum absolute atomic E-state index is 4.40. The maximum atomic E-state index is 4.40. The number of pyridine rings is 1. The molecule has 0 radical (unpaired) electrons. The zero-order valence-corrected chi connectivity index (χ0v) is 12.5. The summed E-state index contributed by atoms with van der Waals surface area (Å²) < 4.78 is 1.01. The minimum atomic E-state index is 0.816. The van der Waals surface area contributed by atoms with Crippen LogP contribution in [-0.2, 0) is 6.54 Å². The summed E-state index contributed by atoms with van der Waals surface area (Å²) >= 11 is 3.40. The Kier molecular flexibility index (Phi) is 4.02. The lowest BCUT2D eigenvalue weighted by molar-refractivity contribution is 0.882. The molecule has 0 bridgehead atoms. The first-order chi connectivity index (χ1) is 8.54. The minimum absolute atomic E-state index is 0.816. The molecule has 0 fully saturated rings. The Morgan fingerprint density at radius 2 is 1.78 bits per heavy atom. The second-order valence-electron chi connectivity index (χ2n) is 4.67. The van der Waals surface area contributed by atoms with Crippen LogP contribution < -0.4 is 4.90 Å². The Bertz CT molecular complexity index is 514. The summed E-state index contributed by atoms with van der Waals surface area (Å²) in [6, 6.07) is 10.7. The monoisotopic (exact) mass is 304 g/mol. The summed E-state index contributed by atoms with van der Waals surface area (Å²) in [4.78, 5) is 6.62. The van der Waals surface area contributed by atoms with E-state index in [1.807, 2.05) is 18.3 Å². The molecule has 2 aromatic rings. The van der Waals surface area contributed by atoms with Gasteiger partial charge in [0.05, 0.1) is 12.2 Å². The van der Waals surface area contributed by atoms with Crippen LogP contribution in [0.2, 0.25) is 0 Å². The molecule has 0 saturated carbocycles. The van der Waals surface area contributed by atoms with Gasteiger partial charge in [-0.15, -0.1) is 0 Å². The van der Waals surface area contributed by atoms with Gasteiger partial charge in [-0.1, -0.05) is 6.07 Å². The van der Waals surface area contributed by atoms with Crippen molar-refractivity contribution in [1.82, 2.24) is 4.98 Å². The predicted molar refractivity (Wildman–Crippen MR) is 80.0 cm³/mol. The second kappa shape index (κ2) is 5.53. The number of halogens is 1. The van der Waals surface area contributed by atoms with Crippen molar-refractivity contribution < 1.29 is 0 Å². The van der Waals surface area contributed by atoms with Gasteiger partial charge in [0.15, 0.2) is 0 Å². The first-order valence-corrected chi connectivity index (χ1v) is 6.74. The van der Waals surface area contributed by atoms with Crippen LogP contribution in [0.25, 0.3) is 0 Å². The largest absolute Gasteiger partial charge is 0.369 e. The fraction of sp³-hybridized carbons (Fsp3) is 0.267. The average Bonchev–Trinajstić information content (AvgIpc) is 2.31. The van der Waals surface area contributed by atoms with Crippen LogP contribution in [-0.4, -0.2) is 12.0 Å². The number of aryl methyl sites for hydroxylation is 2. The topological polar surface area (TPSA) is 16.1 Å². The van der Waals surface area contributed by atoms with E-state index in [0.29, 0.717) is 0 Å². The van der Waals surface area contributed by atoms with E-state index in [-0.39, 0.29) is 0 Å². The summed E-state index contributed by atoms with van der Waals surface area (Å²) in [7, 11) is 2.10. The number of benzene rings is 1. The molecule has 0 unspecified atom stereocenters. The molecule has 1 aromatic carbocycles. The molecule has 18 heavy (non-hydrogen) atoms. The first-order valence-electron chi connectivity index (χ1n) is 5.94. The molecule has 0 aliphatic rings. The molecule has 1 aromatic heterocycles. The van der Waals surface area contributed by atoms with Crippen LogP contribution in [0.15, 0.2) is 41.0 Å². The molecule has 0 saturated heterocycles. The molecule has 0 aliphatic carbocycles. The molecule has 0 atom stereocenters. The van der Waals surface area contributed by atoms with Gasteiger partial charge in [-0.3, -0.25) is 4.98 Å². The third-order valence-electron chi connectivity index (χ3n) is 2.84. The van der Waals surface area contributed by atoms with Gasteiger partial charge in [0.1, 0.15) is 0 Å². The van der Waals surface area contributed by atoms with Crippen LogP contribution in [0.5, 0.6) is 0 Å². The van der Waals surface area contributed by atoms with Crippen LogP contribution in [0.4, 0.5) is 5.69 Å². The summed E-state index contributed by atoms with van der Waals surface area (Å²) in [6.45, 7) is 5.07. The van der Waals surface area contributed by atoms with Gasteiger partial charge in [0.2, 0.25) is 0 Å². The molecule has 3 heteroatoms. The van der Waals surface area contributed by atoms with E-state index < -0.39 is 0 Å². The number of anilines is 1. The highest BCUT2D eigenvalue weighted by molar-refractivity contribution is 9.10. The molecule has 0 N–H and O–H groups in total. The third-order valence-corrected chi connectivity index (χ3v) is 3.30. The molecule has 1 heterocycles. The molecule has 0 spiro atoms. The van der Waals surface area contributed by atoms with Gasteiger partial charge in [-0.25, -0.2) is 0 Å². The number of aromatic nitrogens is 1. The number of hydrogen-bond acceptors (Lipinski definition) is 2. The molecular weight excluding hydrogens is 288 g/mol. The Morgan fingerprint density at radius 3 is 2.33 bits per heavy atom. The highest BCUT2D eigenvalue weighted by Crippen LogP contribution is 2.19. The maximum Gasteiger partial charge on any atom is 0.0598 e. The van der Waals surface area contributed by atoms with E-state index in [2.05, 4.69) is 64.9 Å². The Balaban J connectivity index is 2.16. The van der Waals surface area contributed by atoms with Crippen molar-refractivity contribution in [2.75, 3.05) is 11.9 Å². The van der Waals surface area contributed by atoms with E-state index in [4.69, 9.17) is 0 Å². The predicted octanol–water partition coefficient (Wildman–Crippen LogP) is 4.10. The molecule has 94 valence electrons. The lowest BCUT2D eigenvalue weighted by Crippen LogP contribution is -2.17. The lowest BCUT2D eigenvalue weighted by atomic mass is 10.1. The third kappa shape index (κ3) is 3.33. The number of nitrogens with zero attached hydrogens (tertiary/aromatic N) is 2. The van der Waals surface area contributed by atoms with Crippen molar-refractivity contribution in [3.05, 3.63) is 57.8 Å². The normalized spacial score (nSPS) is 10.4. The van der Waals surface area contributed by atoms with Crippen molar-refractivity contribution in [3.8, 4) is 0 Å². The van der Waals surface area contributed by atoms with Gasteiger partial charge in [0, 0.05) is 23.4 Å². The Labute approximate surface area is 117 Å². The van der Waals surface area contributed by atoms with E-state index in [1.165, 1.54) is 16.8 Å². The summed E-state index contributed by atoms with van der Waals surface area (Å²) in [5, 5.41) is 0. The summed E-state index contributed by atoms with van der Waals surface area (Å²) in [5.41, 5.74) is 4.89. The molecule has 0 aliphatic heterocycles. The number of hydrogen-bond donors (Lipinski definition) is 0. The zero-order valence-electron chi connectivity index (χ0n) is 10.9. The molecule has 2 nitrogen and oxygen atoms in total. The van der Waals surface area contributed by atoms with E-state index in [1.54, 1.807) is 0 Å². The quantitative estimate of drug-likeness (QED) is 0.849. The smallest absolute Gasteiger partial charge is 0.0598 e. The van der Waals surface area contributed by atoms with E-state index in [0.717, 1.165) is 16.7 Å². The SMILES string of the molecule is Cc1cc(C)cc(N(C)Cc2ccc(Br)cn2)c1. The van der Waals surface area contributed by atoms with Crippen molar-refractivity contribution in [3.63, 3.8) is 0 Å². The van der Waals surface area contributed by atoms with Gasteiger partial charge in [0.25, 0.3) is 0 Å². The molecular formula is C15H17BrN2.